The Bertz CT molecular complexity index is 533. The molecule has 1 fully saturated rings. The summed E-state index contributed by atoms with van der Waals surface area (Å²) >= 11 is 11.8. The third kappa shape index (κ3) is 3.85. The number of sulfonamides is 1. The molecule has 0 bridgehead atoms. The minimum absolute atomic E-state index is 0.0739. The van der Waals surface area contributed by atoms with Crippen LogP contribution in [-0.2, 0) is 10.0 Å². The highest BCUT2D eigenvalue weighted by Crippen LogP contribution is 2.27. The highest BCUT2D eigenvalue weighted by atomic mass is 35.5. The molecule has 2 atom stereocenters. The van der Waals surface area contributed by atoms with E-state index >= 15 is 0 Å². The van der Waals surface area contributed by atoms with Crippen molar-refractivity contribution in [1.29, 1.82) is 0 Å². The lowest BCUT2D eigenvalue weighted by Crippen LogP contribution is -2.42. The fourth-order valence-electron chi connectivity index (χ4n) is 2.45. The second-order valence-corrected chi connectivity index (χ2v) is 7.34. The molecule has 0 amide bonds. The van der Waals surface area contributed by atoms with Gasteiger partial charge in [0.25, 0.3) is 0 Å². The van der Waals surface area contributed by atoms with E-state index in [-0.39, 0.29) is 16.9 Å². The Kier molecular flexibility index (Phi) is 5.12. The predicted octanol–water partition coefficient (Wildman–Crippen LogP) is 3.42. The Morgan fingerprint density at radius 3 is 2.68 bits per heavy atom. The van der Waals surface area contributed by atoms with Gasteiger partial charge < -0.3 is 0 Å². The maximum Gasteiger partial charge on any atom is 0.240 e. The molecule has 0 aliphatic heterocycles. The van der Waals surface area contributed by atoms with Gasteiger partial charge in [0.2, 0.25) is 10.0 Å². The van der Waals surface area contributed by atoms with Crippen molar-refractivity contribution in [2.75, 3.05) is 5.88 Å². The van der Waals surface area contributed by atoms with Gasteiger partial charge in [0.1, 0.15) is 0 Å². The van der Waals surface area contributed by atoms with Crippen LogP contribution in [0, 0.1) is 5.92 Å². The summed E-state index contributed by atoms with van der Waals surface area (Å²) < 4.78 is 27.4. The van der Waals surface area contributed by atoms with Crippen molar-refractivity contribution >= 4 is 33.2 Å². The Balaban J connectivity index is 2.16. The zero-order valence-corrected chi connectivity index (χ0v) is 12.8. The quantitative estimate of drug-likeness (QED) is 0.864. The maximum atomic E-state index is 12.3. The van der Waals surface area contributed by atoms with Gasteiger partial charge in [-0.3, -0.25) is 0 Å². The Morgan fingerprint density at radius 1 is 1.26 bits per heavy atom. The number of alkyl halides is 1. The van der Waals surface area contributed by atoms with Crippen LogP contribution in [-0.4, -0.2) is 20.3 Å². The molecule has 1 aliphatic carbocycles. The summed E-state index contributed by atoms with van der Waals surface area (Å²) in [5.41, 5.74) is 0. The zero-order chi connectivity index (χ0) is 13.9. The molecule has 19 heavy (non-hydrogen) atoms. The fourth-order valence-corrected chi connectivity index (χ4v) is 4.46. The average molecular weight is 322 g/mol. The van der Waals surface area contributed by atoms with Gasteiger partial charge in [-0.2, -0.15) is 0 Å². The summed E-state index contributed by atoms with van der Waals surface area (Å²) in [4.78, 5) is 0.207. The summed E-state index contributed by atoms with van der Waals surface area (Å²) in [7, 11) is -3.52. The molecule has 1 aromatic carbocycles. The van der Waals surface area contributed by atoms with Crippen LogP contribution in [0.3, 0.4) is 0 Å². The van der Waals surface area contributed by atoms with Crippen molar-refractivity contribution in [2.45, 2.75) is 36.6 Å². The molecule has 106 valence electrons. The maximum absolute atomic E-state index is 12.3. The van der Waals surface area contributed by atoms with Crippen molar-refractivity contribution in [3.63, 3.8) is 0 Å². The molecule has 0 spiro atoms. The van der Waals surface area contributed by atoms with Gasteiger partial charge in [0.05, 0.1) is 4.90 Å². The molecule has 1 saturated carbocycles. The highest BCUT2D eigenvalue weighted by molar-refractivity contribution is 7.89. The number of benzene rings is 1. The normalized spacial score (nSPS) is 24.3. The van der Waals surface area contributed by atoms with Crippen molar-refractivity contribution < 1.29 is 8.42 Å². The Hall–Kier alpha value is -0.290. The minimum atomic E-state index is -3.52. The molecule has 0 heterocycles. The Labute approximate surface area is 124 Å². The smallest absolute Gasteiger partial charge is 0.208 e. The van der Waals surface area contributed by atoms with Crippen molar-refractivity contribution in [1.82, 2.24) is 4.72 Å². The van der Waals surface area contributed by atoms with Gasteiger partial charge in [-0.15, -0.1) is 11.6 Å². The number of nitrogens with one attached hydrogen (secondary N) is 1. The van der Waals surface area contributed by atoms with E-state index in [1.165, 1.54) is 6.07 Å². The minimum Gasteiger partial charge on any atom is -0.208 e. The molecule has 0 saturated heterocycles. The van der Waals surface area contributed by atoms with Crippen LogP contribution < -0.4 is 4.72 Å². The lowest BCUT2D eigenvalue weighted by atomic mass is 9.86. The first-order valence-corrected chi connectivity index (χ1v) is 8.76. The zero-order valence-electron chi connectivity index (χ0n) is 10.5. The first kappa shape index (κ1) is 15.1. The molecule has 3 nitrogen and oxygen atoms in total. The third-order valence-corrected chi connectivity index (χ3v) is 5.64. The molecule has 2 unspecified atom stereocenters. The van der Waals surface area contributed by atoms with Crippen LogP contribution in [0.25, 0.3) is 0 Å². The van der Waals surface area contributed by atoms with Crippen LogP contribution in [0.5, 0.6) is 0 Å². The van der Waals surface area contributed by atoms with E-state index in [1.54, 1.807) is 18.2 Å². The molecular formula is C13H17Cl2NO2S. The van der Waals surface area contributed by atoms with Crippen LogP contribution in [0.15, 0.2) is 29.2 Å². The summed E-state index contributed by atoms with van der Waals surface area (Å²) in [6.45, 7) is 0. The van der Waals surface area contributed by atoms with E-state index in [9.17, 15) is 8.42 Å². The highest BCUT2D eigenvalue weighted by Gasteiger charge is 2.28. The lowest BCUT2D eigenvalue weighted by molar-refractivity contribution is 0.314. The molecule has 6 heteroatoms. The summed E-state index contributed by atoms with van der Waals surface area (Å²) in [5.74, 6) is 0.701. The number of halogens is 2. The molecule has 1 aromatic rings. The van der Waals surface area contributed by atoms with Gasteiger partial charge in [-0.1, -0.05) is 30.5 Å². The van der Waals surface area contributed by atoms with E-state index in [4.69, 9.17) is 23.2 Å². The third-order valence-electron chi connectivity index (χ3n) is 3.52. The van der Waals surface area contributed by atoms with E-state index in [0.29, 0.717) is 10.9 Å². The van der Waals surface area contributed by atoms with Crippen LogP contribution in [0.4, 0.5) is 0 Å². The number of hydrogen-bond acceptors (Lipinski definition) is 2. The summed E-state index contributed by atoms with van der Waals surface area (Å²) in [6, 6.07) is 6.23. The standard InChI is InChI=1S/C13H17Cl2NO2S/c14-9-10-4-1-2-7-13(10)16-19(17,18)12-6-3-5-11(15)8-12/h3,5-6,8,10,13,16H,1-2,4,7,9H2. The SMILES string of the molecule is O=S(=O)(NC1CCCCC1CCl)c1cccc(Cl)c1. The lowest BCUT2D eigenvalue weighted by Gasteiger charge is -2.30. The molecule has 1 N–H and O–H groups in total. The van der Waals surface area contributed by atoms with Gasteiger partial charge in [0, 0.05) is 16.9 Å². The first-order valence-electron chi connectivity index (χ1n) is 6.37. The molecule has 0 aromatic heterocycles. The Morgan fingerprint density at radius 2 is 2.00 bits per heavy atom. The number of hydrogen-bond donors (Lipinski definition) is 1. The van der Waals surface area contributed by atoms with Gasteiger partial charge in [-0.25, -0.2) is 13.1 Å². The summed E-state index contributed by atoms with van der Waals surface area (Å²) in [5, 5.41) is 0.417. The topological polar surface area (TPSA) is 46.2 Å². The fraction of sp³-hybridized carbons (Fsp3) is 0.538. The summed E-state index contributed by atoms with van der Waals surface area (Å²) in [6.07, 6.45) is 3.98. The second kappa shape index (κ2) is 6.44. The predicted molar refractivity (Wildman–Crippen MR) is 78.2 cm³/mol. The van der Waals surface area contributed by atoms with Crippen LogP contribution in [0.2, 0.25) is 5.02 Å². The second-order valence-electron chi connectivity index (χ2n) is 4.88. The monoisotopic (exact) mass is 321 g/mol. The molecule has 1 aliphatic rings. The van der Waals surface area contributed by atoms with Gasteiger partial charge >= 0.3 is 0 Å². The first-order chi connectivity index (χ1) is 9.03. The van der Waals surface area contributed by atoms with E-state index in [0.717, 1.165) is 25.7 Å². The number of rotatable bonds is 4. The van der Waals surface area contributed by atoms with Crippen LogP contribution >= 0.6 is 23.2 Å². The van der Waals surface area contributed by atoms with Crippen molar-refractivity contribution in [3.05, 3.63) is 29.3 Å². The van der Waals surface area contributed by atoms with Gasteiger partial charge in [-0.05, 0) is 37.0 Å². The molecule has 2 rings (SSSR count). The van der Waals surface area contributed by atoms with Crippen LogP contribution in [0.1, 0.15) is 25.7 Å². The van der Waals surface area contributed by atoms with E-state index < -0.39 is 10.0 Å². The van der Waals surface area contributed by atoms with Crippen molar-refractivity contribution in [2.24, 2.45) is 5.92 Å². The van der Waals surface area contributed by atoms with E-state index in [2.05, 4.69) is 4.72 Å². The molecule has 0 radical (unpaired) electrons. The van der Waals surface area contributed by atoms with Gasteiger partial charge in [0.15, 0.2) is 0 Å². The largest absolute Gasteiger partial charge is 0.240 e. The average Bonchev–Trinajstić information content (AvgIpc) is 2.39. The van der Waals surface area contributed by atoms with E-state index in [1.807, 2.05) is 0 Å². The van der Waals surface area contributed by atoms with Crippen molar-refractivity contribution in [3.8, 4) is 0 Å². The molecular weight excluding hydrogens is 305 g/mol.